The molecule has 0 spiro atoms. The summed E-state index contributed by atoms with van der Waals surface area (Å²) in [4.78, 5) is 31.8. The molecule has 1 N–H and O–H groups in total. The van der Waals surface area contributed by atoms with Gasteiger partial charge in [0.15, 0.2) is 10.1 Å². The number of H-pyrrole nitrogens is 1. The molecule has 0 radical (unpaired) electrons. The number of carbonyl (C=O) groups excluding carboxylic acids is 2. The van der Waals surface area contributed by atoms with E-state index in [0.717, 1.165) is 10.0 Å². The molecule has 0 saturated carbocycles. The van der Waals surface area contributed by atoms with Crippen LogP contribution in [0.1, 0.15) is 44.7 Å². The van der Waals surface area contributed by atoms with Crippen LogP contribution in [-0.4, -0.2) is 34.1 Å². The molecule has 2 rings (SSSR count). The maximum atomic E-state index is 12.6. The lowest BCUT2D eigenvalue weighted by Crippen LogP contribution is -2.15. The Balaban J connectivity index is 2.24. The summed E-state index contributed by atoms with van der Waals surface area (Å²) >= 11 is 2.95. The minimum absolute atomic E-state index is 0.0476. The van der Waals surface area contributed by atoms with Gasteiger partial charge in [-0.15, -0.1) is 11.3 Å². The van der Waals surface area contributed by atoms with E-state index in [9.17, 15) is 9.59 Å². The summed E-state index contributed by atoms with van der Waals surface area (Å²) in [5.74, 6) is -0.477. The van der Waals surface area contributed by atoms with E-state index >= 15 is 0 Å². The van der Waals surface area contributed by atoms with Crippen molar-refractivity contribution in [1.29, 1.82) is 0 Å². The van der Waals surface area contributed by atoms with Crippen molar-refractivity contribution in [3.8, 4) is 0 Å². The van der Waals surface area contributed by atoms with Crippen molar-refractivity contribution >= 4 is 34.9 Å². The van der Waals surface area contributed by atoms with Crippen molar-refractivity contribution in [2.45, 2.75) is 37.3 Å². The monoisotopic (exact) mass is 338 g/mol. The van der Waals surface area contributed by atoms with Gasteiger partial charge in [0.1, 0.15) is 0 Å². The molecule has 7 heteroatoms. The number of Topliss-reactive ketones (excluding diaryl/α,β-unsaturated/α-hetero) is 1. The van der Waals surface area contributed by atoms with E-state index in [4.69, 9.17) is 4.74 Å². The molecule has 0 aliphatic carbocycles. The number of ketones is 1. The average Bonchev–Trinajstić information content (AvgIpc) is 3.00. The first-order chi connectivity index (χ1) is 10.3. The molecule has 0 saturated heterocycles. The number of nitrogens with zero attached hydrogens (tertiary/aromatic N) is 1. The Bertz CT molecular complexity index is 718. The number of methoxy groups -OCH3 is 1. The van der Waals surface area contributed by atoms with Gasteiger partial charge >= 0.3 is 5.97 Å². The lowest BCUT2D eigenvalue weighted by Gasteiger charge is -2.08. The highest BCUT2D eigenvalue weighted by Crippen LogP contribution is 2.30. The van der Waals surface area contributed by atoms with Gasteiger partial charge in [-0.1, -0.05) is 11.8 Å². The molecule has 0 fully saturated rings. The Morgan fingerprint density at radius 2 is 2.05 bits per heavy atom. The maximum Gasteiger partial charge on any atom is 0.339 e. The van der Waals surface area contributed by atoms with Crippen molar-refractivity contribution in [1.82, 2.24) is 9.97 Å². The summed E-state index contributed by atoms with van der Waals surface area (Å²) in [7, 11) is 1.33. The summed E-state index contributed by atoms with van der Waals surface area (Å²) in [6, 6.07) is 0. The van der Waals surface area contributed by atoms with Crippen molar-refractivity contribution in [2.24, 2.45) is 0 Å². The number of thiazole rings is 1. The van der Waals surface area contributed by atoms with E-state index in [0.29, 0.717) is 22.5 Å². The Morgan fingerprint density at radius 3 is 2.59 bits per heavy atom. The number of esters is 1. The van der Waals surface area contributed by atoms with Crippen LogP contribution in [0.3, 0.4) is 0 Å². The van der Waals surface area contributed by atoms with Gasteiger partial charge in [0, 0.05) is 16.8 Å². The molecule has 118 valence electrons. The average molecular weight is 338 g/mol. The molecular formula is C15H18N2O3S2. The fraction of sp³-hybridized carbons (Fsp3) is 0.400. The zero-order chi connectivity index (χ0) is 16.4. The van der Waals surface area contributed by atoms with Crippen LogP contribution in [0.25, 0.3) is 0 Å². The smallest absolute Gasteiger partial charge is 0.339 e. The molecule has 22 heavy (non-hydrogen) atoms. The molecule has 1 atom stereocenters. The fourth-order valence-electron chi connectivity index (χ4n) is 2.20. The summed E-state index contributed by atoms with van der Waals surface area (Å²) < 4.78 is 5.63. The second-order valence-corrected chi connectivity index (χ2v) is 7.44. The van der Waals surface area contributed by atoms with Gasteiger partial charge in [0.25, 0.3) is 0 Å². The van der Waals surface area contributed by atoms with Crippen molar-refractivity contribution in [2.75, 3.05) is 7.11 Å². The number of ether oxygens (including phenoxy) is 1. The van der Waals surface area contributed by atoms with Crippen molar-refractivity contribution in [3.05, 3.63) is 33.6 Å². The third kappa shape index (κ3) is 3.25. The lowest BCUT2D eigenvalue weighted by molar-refractivity contribution is 0.0599. The topological polar surface area (TPSA) is 72.1 Å². The molecule has 5 nitrogen and oxygen atoms in total. The molecule has 0 amide bonds. The Hall–Kier alpha value is -1.60. The molecule has 0 bridgehead atoms. The molecule has 0 aromatic carbocycles. The van der Waals surface area contributed by atoms with Crippen LogP contribution in [0.2, 0.25) is 0 Å². The maximum absolute atomic E-state index is 12.6. The molecule has 0 aliphatic rings. The van der Waals surface area contributed by atoms with E-state index in [2.05, 4.69) is 9.97 Å². The summed E-state index contributed by atoms with van der Waals surface area (Å²) in [5.41, 5.74) is 3.14. The summed E-state index contributed by atoms with van der Waals surface area (Å²) in [5, 5.41) is 1.67. The highest BCUT2D eigenvalue weighted by atomic mass is 32.2. The number of aromatic nitrogens is 2. The Kier molecular flexibility index (Phi) is 5.08. The Morgan fingerprint density at radius 1 is 1.36 bits per heavy atom. The van der Waals surface area contributed by atoms with Gasteiger partial charge in [0.2, 0.25) is 0 Å². The van der Waals surface area contributed by atoms with Crippen molar-refractivity contribution < 1.29 is 14.3 Å². The van der Waals surface area contributed by atoms with Crippen LogP contribution >= 0.6 is 23.1 Å². The molecule has 2 aromatic heterocycles. The molecular weight excluding hydrogens is 320 g/mol. The van der Waals surface area contributed by atoms with E-state index in [1.807, 2.05) is 19.2 Å². The number of hydrogen-bond acceptors (Lipinski definition) is 6. The zero-order valence-corrected chi connectivity index (χ0v) is 14.8. The number of aromatic amines is 1. The number of thioether (sulfide) groups is 1. The van der Waals surface area contributed by atoms with Crippen LogP contribution in [0.4, 0.5) is 0 Å². The quantitative estimate of drug-likeness (QED) is 0.513. The van der Waals surface area contributed by atoms with E-state index < -0.39 is 5.97 Å². The largest absolute Gasteiger partial charge is 0.465 e. The standard InChI is InChI=1S/C15H18N2O3S2/c1-7-6-21-15(16-7)22-10(4)13(18)12-8(2)11(9(3)17-12)14(19)20-5/h6,10,17H,1-5H3/t10-/m1/s1. The van der Waals surface area contributed by atoms with Crippen LogP contribution in [0.5, 0.6) is 0 Å². The lowest BCUT2D eigenvalue weighted by atomic mass is 10.1. The minimum Gasteiger partial charge on any atom is -0.465 e. The molecule has 2 aromatic rings. The van der Waals surface area contributed by atoms with Crippen LogP contribution in [0, 0.1) is 20.8 Å². The highest BCUT2D eigenvalue weighted by molar-refractivity contribution is 8.02. The van der Waals surface area contributed by atoms with Crippen LogP contribution in [0.15, 0.2) is 9.72 Å². The molecule has 2 heterocycles. The second-order valence-electron chi connectivity index (χ2n) is 5.00. The number of nitrogens with one attached hydrogen (secondary N) is 1. The van der Waals surface area contributed by atoms with Crippen molar-refractivity contribution in [3.63, 3.8) is 0 Å². The van der Waals surface area contributed by atoms with E-state index in [1.54, 1.807) is 13.8 Å². The van der Waals surface area contributed by atoms with E-state index in [1.165, 1.54) is 30.2 Å². The zero-order valence-electron chi connectivity index (χ0n) is 13.1. The van der Waals surface area contributed by atoms with Gasteiger partial charge in [-0.2, -0.15) is 0 Å². The predicted molar refractivity (Wildman–Crippen MR) is 88.1 cm³/mol. The first-order valence-electron chi connectivity index (χ1n) is 6.75. The first-order valence-corrected chi connectivity index (χ1v) is 8.51. The van der Waals surface area contributed by atoms with Crippen LogP contribution < -0.4 is 0 Å². The fourth-order valence-corrected chi connectivity index (χ4v) is 4.24. The van der Waals surface area contributed by atoms with Crippen LogP contribution in [-0.2, 0) is 4.74 Å². The van der Waals surface area contributed by atoms with Gasteiger partial charge < -0.3 is 9.72 Å². The third-order valence-corrected chi connectivity index (χ3v) is 5.51. The molecule has 0 unspecified atom stereocenters. The third-order valence-electron chi connectivity index (χ3n) is 3.32. The first kappa shape index (κ1) is 16.8. The summed E-state index contributed by atoms with van der Waals surface area (Å²) in [6.45, 7) is 7.29. The Labute approximate surface area is 137 Å². The number of rotatable bonds is 5. The number of carbonyl (C=O) groups is 2. The highest BCUT2D eigenvalue weighted by Gasteiger charge is 2.26. The predicted octanol–water partition coefficient (Wildman–Crippen LogP) is 3.55. The SMILES string of the molecule is COC(=O)c1c(C)[nH]c(C(=O)[C@@H](C)Sc2nc(C)cs2)c1C. The normalized spacial score (nSPS) is 12.2. The number of aryl methyl sites for hydroxylation is 2. The van der Waals surface area contributed by atoms with Gasteiger partial charge in [-0.25, -0.2) is 9.78 Å². The van der Waals surface area contributed by atoms with Gasteiger partial charge in [-0.3, -0.25) is 4.79 Å². The van der Waals surface area contributed by atoms with E-state index in [-0.39, 0.29) is 11.0 Å². The minimum atomic E-state index is -0.429. The van der Waals surface area contributed by atoms with Gasteiger partial charge in [0.05, 0.1) is 23.6 Å². The second kappa shape index (κ2) is 6.66. The van der Waals surface area contributed by atoms with Gasteiger partial charge in [-0.05, 0) is 33.3 Å². The molecule has 0 aliphatic heterocycles. The number of hydrogen-bond donors (Lipinski definition) is 1. The summed E-state index contributed by atoms with van der Waals surface area (Å²) in [6.07, 6.45) is 0.